The Kier molecular flexibility index (Phi) is 6.54. The van der Waals surface area contributed by atoms with Crippen molar-refractivity contribution in [1.29, 1.82) is 0 Å². The Balaban J connectivity index is 1.86. The number of rotatable bonds is 7. The van der Waals surface area contributed by atoms with Crippen LogP contribution in [0.3, 0.4) is 0 Å². The first-order chi connectivity index (χ1) is 11.8. The van der Waals surface area contributed by atoms with Gasteiger partial charge in [0.15, 0.2) is 0 Å². The molecule has 0 saturated carbocycles. The molecule has 1 aromatic carbocycles. The largest absolute Gasteiger partial charge is 0.334 e. The van der Waals surface area contributed by atoms with E-state index < -0.39 is 10.0 Å². The number of nitrogens with one attached hydrogen (secondary N) is 2. The van der Waals surface area contributed by atoms with Gasteiger partial charge in [-0.05, 0) is 37.4 Å². The van der Waals surface area contributed by atoms with Crippen LogP contribution in [0.5, 0.6) is 0 Å². The molecule has 0 spiro atoms. The normalized spacial score (nSPS) is 11.5. The van der Waals surface area contributed by atoms with Crippen molar-refractivity contribution in [2.24, 2.45) is 5.14 Å². The number of carbonyl (C=O) groups is 1. The first-order valence-electron chi connectivity index (χ1n) is 7.60. The van der Waals surface area contributed by atoms with E-state index in [1.165, 1.54) is 6.07 Å². The zero-order chi connectivity index (χ0) is 18.4. The minimum Gasteiger partial charge on any atom is -0.334 e. The van der Waals surface area contributed by atoms with Crippen LogP contribution in [0.4, 0.5) is 4.79 Å². The number of sulfonamides is 1. The number of amides is 2. The lowest BCUT2D eigenvalue weighted by molar-refractivity contribution is 0.240. The third kappa shape index (κ3) is 6.13. The fourth-order valence-electron chi connectivity index (χ4n) is 2.24. The zero-order valence-corrected chi connectivity index (χ0v) is 15.8. The predicted octanol–water partition coefficient (Wildman–Crippen LogP) is 1.46. The molecule has 25 heavy (non-hydrogen) atoms. The molecule has 0 saturated heterocycles. The number of thiophene rings is 1. The van der Waals surface area contributed by atoms with Gasteiger partial charge in [-0.25, -0.2) is 18.4 Å². The highest BCUT2D eigenvalue weighted by molar-refractivity contribution is 7.91. The minimum atomic E-state index is -3.70. The maximum atomic E-state index is 12.0. The second-order valence-corrected chi connectivity index (χ2v) is 8.77. The number of nitrogens with zero attached hydrogens (tertiary/aromatic N) is 1. The van der Waals surface area contributed by atoms with E-state index in [4.69, 9.17) is 5.14 Å². The molecule has 2 amide bonds. The molecule has 2 aromatic rings. The van der Waals surface area contributed by atoms with Crippen LogP contribution in [0.2, 0.25) is 0 Å². The van der Waals surface area contributed by atoms with Crippen molar-refractivity contribution in [3.05, 3.63) is 52.4 Å². The van der Waals surface area contributed by atoms with Crippen molar-refractivity contribution in [1.82, 2.24) is 15.5 Å². The Labute approximate surface area is 151 Å². The molecular formula is C16H22N4O3S2. The summed E-state index contributed by atoms with van der Waals surface area (Å²) in [6.07, 6.45) is 0. The number of nitrogens with two attached hydrogens (primary N) is 1. The van der Waals surface area contributed by atoms with E-state index in [0.29, 0.717) is 11.4 Å². The molecule has 4 N–H and O–H groups in total. The highest BCUT2D eigenvalue weighted by atomic mass is 32.2. The van der Waals surface area contributed by atoms with Crippen LogP contribution in [0.25, 0.3) is 0 Å². The van der Waals surface area contributed by atoms with Crippen LogP contribution >= 0.6 is 11.3 Å². The molecule has 0 fully saturated rings. The highest BCUT2D eigenvalue weighted by Crippen LogP contribution is 2.19. The maximum Gasteiger partial charge on any atom is 0.315 e. The van der Waals surface area contributed by atoms with Gasteiger partial charge in [-0.1, -0.05) is 24.3 Å². The van der Waals surface area contributed by atoms with Crippen LogP contribution in [0.1, 0.15) is 16.0 Å². The van der Waals surface area contributed by atoms with Crippen molar-refractivity contribution < 1.29 is 13.2 Å². The third-order valence-electron chi connectivity index (χ3n) is 3.38. The molecule has 9 heteroatoms. The van der Waals surface area contributed by atoms with E-state index in [-0.39, 0.29) is 16.8 Å². The summed E-state index contributed by atoms with van der Waals surface area (Å²) in [7, 11) is 0.292. The van der Waals surface area contributed by atoms with Crippen LogP contribution in [0, 0.1) is 0 Å². The lowest BCUT2D eigenvalue weighted by Crippen LogP contribution is -2.34. The second-order valence-electron chi connectivity index (χ2n) is 5.81. The van der Waals surface area contributed by atoms with Gasteiger partial charge in [0.2, 0.25) is 10.0 Å². The summed E-state index contributed by atoms with van der Waals surface area (Å²) < 4.78 is 22.6. The Bertz CT molecular complexity index is 831. The number of carbonyl (C=O) groups excluding carboxylic acids is 1. The highest BCUT2D eigenvalue weighted by Gasteiger charge is 2.11. The van der Waals surface area contributed by atoms with E-state index in [9.17, 15) is 13.2 Å². The number of primary sulfonamides is 1. The summed E-state index contributed by atoms with van der Waals surface area (Å²) in [5.41, 5.74) is 2.21. The van der Waals surface area contributed by atoms with Gasteiger partial charge in [0.25, 0.3) is 0 Å². The molecule has 136 valence electrons. The topological polar surface area (TPSA) is 105 Å². The summed E-state index contributed by atoms with van der Waals surface area (Å²) in [5.74, 6) is 0. The molecule has 0 unspecified atom stereocenters. The average Bonchev–Trinajstić information content (AvgIpc) is 3.01. The molecule has 1 aromatic heterocycles. The van der Waals surface area contributed by atoms with Gasteiger partial charge in [-0.2, -0.15) is 0 Å². The fourth-order valence-corrected chi connectivity index (χ4v) is 3.95. The molecule has 0 bridgehead atoms. The van der Waals surface area contributed by atoms with Gasteiger partial charge in [-0.3, -0.25) is 0 Å². The van der Waals surface area contributed by atoms with E-state index >= 15 is 0 Å². The van der Waals surface area contributed by atoms with Gasteiger partial charge in [0.1, 0.15) is 4.21 Å². The van der Waals surface area contributed by atoms with Gasteiger partial charge in [-0.15, -0.1) is 11.3 Å². The summed E-state index contributed by atoms with van der Waals surface area (Å²) in [6.45, 7) is 1.46. The first-order valence-corrected chi connectivity index (χ1v) is 9.96. The second kappa shape index (κ2) is 8.43. The monoisotopic (exact) mass is 382 g/mol. The molecule has 0 atom stereocenters. The van der Waals surface area contributed by atoms with Crippen molar-refractivity contribution >= 4 is 27.4 Å². The molecule has 7 nitrogen and oxygen atoms in total. The van der Waals surface area contributed by atoms with Crippen LogP contribution in [-0.2, 0) is 29.7 Å². The lowest BCUT2D eigenvalue weighted by atomic mass is 10.1. The molecule has 0 aliphatic heterocycles. The van der Waals surface area contributed by atoms with Gasteiger partial charge in [0, 0.05) is 18.0 Å². The van der Waals surface area contributed by atoms with E-state index in [1.807, 2.05) is 38.4 Å². The summed E-state index contributed by atoms with van der Waals surface area (Å²) in [6, 6.07) is 10.7. The third-order valence-corrected chi connectivity index (χ3v) is 5.91. The zero-order valence-electron chi connectivity index (χ0n) is 14.2. The Morgan fingerprint density at radius 2 is 1.72 bits per heavy atom. The van der Waals surface area contributed by atoms with Gasteiger partial charge in [0.05, 0.1) is 6.54 Å². The minimum absolute atomic E-state index is 0.0855. The average molecular weight is 383 g/mol. The Hall–Kier alpha value is -1.94. The van der Waals surface area contributed by atoms with Crippen LogP contribution in [0.15, 0.2) is 40.6 Å². The fraction of sp³-hybridized carbons (Fsp3) is 0.312. The van der Waals surface area contributed by atoms with Crippen molar-refractivity contribution in [3.8, 4) is 0 Å². The molecule has 2 rings (SSSR count). The number of hydrogen-bond donors (Lipinski definition) is 3. The smallest absolute Gasteiger partial charge is 0.315 e. The Morgan fingerprint density at radius 1 is 1.08 bits per heavy atom. The van der Waals surface area contributed by atoms with E-state index in [1.54, 1.807) is 6.07 Å². The standard InChI is InChI=1S/C16H22N4O3S2/c1-20(2)11-13-6-4-3-5-12(13)9-18-16(21)19-10-14-7-8-15(24-14)25(17,22)23/h3-8H,9-11H2,1-2H3,(H2,17,22,23)(H2,18,19,21). The number of benzene rings is 1. The molecule has 0 aliphatic carbocycles. The van der Waals surface area contributed by atoms with E-state index in [0.717, 1.165) is 29.0 Å². The molecule has 0 radical (unpaired) electrons. The van der Waals surface area contributed by atoms with Crippen molar-refractivity contribution in [2.45, 2.75) is 23.8 Å². The SMILES string of the molecule is CN(C)Cc1ccccc1CNC(=O)NCc1ccc(S(N)(=O)=O)s1. The van der Waals surface area contributed by atoms with Crippen molar-refractivity contribution in [2.75, 3.05) is 14.1 Å². The van der Waals surface area contributed by atoms with Gasteiger partial charge >= 0.3 is 6.03 Å². The van der Waals surface area contributed by atoms with Crippen molar-refractivity contribution in [3.63, 3.8) is 0 Å². The summed E-state index contributed by atoms with van der Waals surface area (Å²) >= 11 is 1.04. The summed E-state index contributed by atoms with van der Waals surface area (Å²) in [5, 5.41) is 10.6. The Morgan fingerprint density at radius 3 is 2.32 bits per heavy atom. The van der Waals surface area contributed by atoms with Crippen LogP contribution < -0.4 is 15.8 Å². The van der Waals surface area contributed by atoms with Crippen LogP contribution in [-0.4, -0.2) is 33.4 Å². The summed E-state index contributed by atoms with van der Waals surface area (Å²) in [4.78, 5) is 14.7. The molecule has 0 aliphatic rings. The predicted molar refractivity (Wildman–Crippen MR) is 98.6 cm³/mol. The first kappa shape index (κ1) is 19.4. The molecular weight excluding hydrogens is 360 g/mol. The quantitative estimate of drug-likeness (QED) is 0.674. The number of hydrogen-bond acceptors (Lipinski definition) is 5. The van der Waals surface area contributed by atoms with Gasteiger partial charge < -0.3 is 15.5 Å². The lowest BCUT2D eigenvalue weighted by Gasteiger charge is -2.14. The van der Waals surface area contributed by atoms with E-state index in [2.05, 4.69) is 15.5 Å². The molecule has 1 heterocycles. The maximum absolute atomic E-state index is 12.0. The number of urea groups is 1.